The van der Waals surface area contributed by atoms with E-state index in [1.54, 1.807) is 0 Å². The van der Waals surface area contributed by atoms with Gasteiger partial charge >= 0.3 is 0 Å². The number of hydrogen-bond donors (Lipinski definition) is 1. The minimum Gasteiger partial charge on any atom is -0.365 e. The number of anilines is 1. The van der Waals surface area contributed by atoms with Gasteiger partial charge in [0.1, 0.15) is 5.69 Å². The van der Waals surface area contributed by atoms with Gasteiger partial charge in [0.25, 0.3) is 5.91 Å². The van der Waals surface area contributed by atoms with Crippen molar-refractivity contribution in [2.24, 2.45) is 5.92 Å². The molecule has 1 N–H and O–H groups in total. The quantitative estimate of drug-likeness (QED) is 0.886. The van der Waals surface area contributed by atoms with Gasteiger partial charge in [0, 0.05) is 44.5 Å². The first-order chi connectivity index (χ1) is 11.6. The fourth-order valence-electron chi connectivity index (χ4n) is 3.80. The van der Waals surface area contributed by atoms with Gasteiger partial charge in [-0.1, -0.05) is 13.3 Å². The molecular weight excluding hydrogens is 324 g/mol. The van der Waals surface area contributed by atoms with E-state index in [1.807, 2.05) is 17.3 Å². The molecule has 0 saturated carbocycles. The van der Waals surface area contributed by atoms with Crippen LogP contribution in [0.4, 0.5) is 5.13 Å². The lowest BCUT2D eigenvalue weighted by molar-refractivity contribution is -0.140. The van der Waals surface area contributed by atoms with Crippen LogP contribution in [0.25, 0.3) is 0 Å². The smallest absolute Gasteiger partial charge is 0.273 e. The molecule has 2 amide bonds. The van der Waals surface area contributed by atoms with Crippen molar-refractivity contribution in [1.82, 2.24) is 14.8 Å². The predicted octanol–water partition coefficient (Wildman–Crippen LogP) is 2.44. The molecule has 2 aliphatic rings. The molecule has 2 unspecified atom stereocenters. The van der Waals surface area contributed by atoms with Crippen molar-refractivity contribution in [3.8, 4) is 0 Å². The number of nitrogens with one attached hydrogen (secondary N) is 1. The van der Waals surface area contributed by atoms with Crippen molar-refractivity contribution in [3.63, 3.8) is 0 Å². The van der Waals surface area contributed by atoms with Crippen molar-refractivity contribution in [3.05, 3.63) is 11.1 Å². The molecule has 0 aromatic carbocycles. The normalized spacial score (nSPS) is 24.0. The van der Waals surface area contributed by atoms with Gasteiger partial charge in [-0.25, -0.2) is 4.98 Å². The third kappa shape index (κ3) is 3.41. The number of fused-ring (bicyclic) bond motifs is 1. The number of carbonyl (C=O) groups excluding carboxylic acids is 2. The summed E-state index contributed by atoms with van der Waals surface area (Å²) in [6, 6.07) is 0.310. The highest BCUT2D eigenvalue weighted by Gasteiger charge is 2.40. The lowest BCUT2D eigenvalue weighted by atomic mass is 9.83. The molecule has 0 aliphatic carbocycles. The molecule has 2 aliphatic heterocycles. The van der Waals surface area contributed by atoms with Crippen LogP contribution in [0, 0.1) is 5.92 Å². The number of unbranched alkanes of at least 4 members (excludes halogenated alkanes) is 1. The fourth-order valence-corrected chi connectivity index (χ4v) is 4.45. The lowest BCUT2D eigenvalue weighted by Crippen LogP contribution is -2.57. The monoisotopic (exact) mass is 350 g/mol. The summed E-state index contributed by atoms with van der Waals surface area (Å²) in [5.74, 6) is 0.713. The first-order valence-corrected chi connectivity index (χ1v) is 9.74. The van der Waals surface area contributed by atoms with Crippen molar-refractivity contribution < 1.29 is 9.59 Å². The second-order valence-corrected chi connectivity index (χ2v) is 7.49. The number of likely N-dealkylation sites (tertiary alicyclic amines) is 2. The second-order valence-electron chi connectivity index (χ2n) is 6.63. The zero-order valence-corrected chi connectivity index (χ0v) is 15.3. The van der Waals surface area contributed by atoms with E-state index in [1.165, 1.54) is 11.3 Å². The van der Waals surface area contributed by atoms with E-state index in [9.17, 15) is 9.59 Å². The average Bonchev–Trinajstić information content (AvgIpc) is 3.09. The molecule has 1 aromatic rings. The summed E-state index contributed by atoms with van der Waals surface area (Å²) in [5, 5.41) is 5.56. The van der Waals surface area contributed by atoms with E-state index < -0.39 is 0 Å². The molecule has 0 radical (unpaired) electrons. The minimum atomic E-state index is 0.0169. The van der Waals surface area contributed by atoms with Crippen LogP contribution >= 0.6 is 11.3 Å². The largest absolute Gasteiger partial charge is 0.365 e. The summed E-state index contributed by atoms with van der Waals surface area (Å²) < 4.78 is 0. The highest BCUT2D eigenvalue weighted by atomic mass is 32.1. The molecule has 3 heterocycles. The molecule has 0 spiro atoms. The zero-order chi connectivity index (χ0) is 17.1. The van der Waals surface area contributed by atoms with Crippen LogP contribution in [0.2, 0.25) is 0 Å². The van der Waals surface area contributed by atoms with E-state index in [0.29, 0.717) is 36.5 Å². The maximum absolute atomic E-state index is 12.7. The Balaban J connectivity index is 1.66. The van der Waals surface area contributed by atoms with Gasteiger partial charge in [0.15, 0.2) is 5.13 Å². The van der Waals surface area contributed by atoms with Crippen molar-refractivity contribution >= 4 is 28.3 Å². The molecule has 2 saturated heterocycles. The standard InChI is InChI=1S/C17H26N4O2S/c1-3-4-8-21-14-7-9-20(10-12(14)5-6-15(21)22)16(23)13-11-24-17(18-2)19-13/h11-12,14H,3-10H2,1-2H3,(H,18,19). The molecule has 132 valence electrons. The van der Waals surface area contributed by atoms with Crippen molar-refractivity contribution in [1.29, 1.82) is 0 Å². The number of rotatable bonds is 5. The SMILES string of the molecule is CCCCN1C(=O)CCC2CN(C(=O)c3csc(NC)n3)CCC21. The Morgan fingerprint density at radius 1 is 1.46 bits per heavy atom. The summed E-state index contributed by atoms with van der Waals surface area (Å²) in [7, 11) is 1.81. The third-order valence-electron chi connectivity index (χ3n) is 5.12. The maximum atomic E-state index is 12.7. The van der Waals surface area contributed by atoms with Gasteiger partial charge < -0.3 is 15.1 Å². The van der Waals surface area contributed by atoms with E-state index in [2.05, 4.69) is 22.1 Å². The van der Waals surface area contributed by atoms with Gasteiger partial charge in [0.2, 0.25) is 5.91 Å². The number of thiazole rings is 1. The summed E-state index contributed by atoms with van der Waals surface area (Å²) >= 11 is 1.45. The topological polar surface area (TPSA) is 65.5 Å². The Morgan fingerprint density at radius 2 is 2.29 bits per heavy atom. The highest BCUT2D eigenvalue weighted by molar-refractivity contribution is 7.13. The Hall–Kier alpha value is -1.63. The molecule has 2 atom stereocenters. The number of piperidine rings is 2. The summed E-state index contributed by atoms with van der Waals surface area (Å²) in [6.07, 6.45) is 4.56. The maximum Gasteiger partial charge on any atom is 0.273 e. The number of hydrogen-bond acceptors (Lipinski definition) is 5. The Labute approximate surface area is 147 Å². The Bertz CT molecular complexity index is 603. The van der Waals surface area contributed by atoms with Crippen LogP contribution in [-0.2, 0) is 4.79 Å². The molecule has 24 heavy (non-hydrogen) atoms. The molecular formula is C17H26N4O2S. The van der Waals surface area contributed by atoms with Crippen LogP contribution in [0.15, 0.2) is 5.38 Å². The molecule has 7 heteroatoms. The first kappa shape index (κ1) is 17.2. The van der Waals surface area contributed by atoms with Gasteiger partial charge in [-0.05, 0) is 25.2 Å². The molecule has 0 bridgehead atoms. The van der Waals surface area contributed by atoms with Crippen molar-refractivity contribution in [2.75, 3.05) is 32.0 Å². The van der Waals surface area contributed by atoms with E-state index in [-0.39, 0.29) is 5.91 Å². The number of amides is 2. The van der Waals surface area contributed by atoms with E-state index in [4.69, 9.17) is 0 Å². The van der Waals surface area contributed by atoms with Crippen LogP contribution in [0.3, 0.4) is 0 Å². The fraction of sp³-hybridized carbons (Fsp3) is 0.706. The van der Waals surface area contributed by atoms with E-state index >= 15 is 0 Å². The van der Waals surface area contributed by atoms with Crippen LogP contribution in [0.1, 0.15) is 49.5 Å². The van der Waals surface area contributed by atoms with E-state index in [0.717, 1.165) is 43.9 Å². The molecule has 6 nitrogen and oxygen atoms in total. The Morgan fingerprint density at radius 3 is 3.00 bits per heavy atom. The van der Waals surface area contributed by atoms with Crippen molar-refractivity contribution in [2.45, 2.75) is 45.1 Å². The number of nitrogens with zero attached hydrogens (tertiary/aromatic N) is 3. The lowest BCUT2D eigenvalue weighted by Gasteiger charge is -2.47. The third-order valence-corrected chi connectivity index (χ3v) is 5.98. The van der Waals surface area contributed by atoms with Crippen LogP contribution in [-0.4, -0.2) is 59.3 Å². The molecule has 3 rings (SSSR count). The zero-order valence-electron chi connectivity index (χ0n) is 14.5. The second kappa shape index (κ2) is 7.51. The van der Waals surface area contributed by atoms with Gasteiger partial charge in [-0.3, -0.25) is 9.59 Å². The number of carbonyl (C=O) groups is 2. The molecule has 1 aromatic heterocycles. The molecule has 2 fully saturated rings. The Kier molecular flexibility index (Phi) is 5.38. The highest BCUT2D eigenvalue weighted by Crippen LogP contribution is 2.32. The predicted molar refractivity (Wildman–Crippen MR) is 95.3 cm³/mol. The van der Waals surface area contributed by atoms with Gasteiger partial charge in [-0.2, -0.15) is 0 Å². The minimum absolute atomic E-state index is 0.0169. The van der Waals surface area contributed by atoms with Gasteiger partial charge in [0.05, 0.1) is 0 Å². The van der Waals surface area contributed by atoms with Gasteiger partial charge in [-0.15, -0.1) is 11.3 Å². The summed E-state index contributed by atoms with van der Waals surface area (Å²) in [5.41, 5.74) is 0.525. The average molecular weight is 350 g/mol. The van der Waals surface area contributed by atoms with Crippen LogP contribution in [0.5, 0.6) is 0 Å². The summed E-state index contributed by atoms with van der Waals surface area (Å²) in [6.45, 7) is 4.47. The first-order valence-electron chi connectivity index (χ1n) is 8.86. The summed E-state index contributed by atoms with van der Waals surface area (Å²) in [4.78, 5) is 33.3. The van der Waals surface area contributed by atoms with Crippen LogP contribution < -0.4 is 5.32 Å². The number of aromatic nitrogens is 1.